The Morgan fingerprint density at radius 1 is 0.411 bits per heavy atom. The summed E-state index contributed by atoms with van der Waals surface area (Å²) in [4.78, 5) is 12.2. The van der Waals surface area contributed by atoms with Crippen molar-refractivity contribution in [2.24, 2.45) is 0 Å². The number of nitrogens with one attached hydrogen (secondary N) is 3. The van der Waals surface area contributed by atoms with E-state index in [0.29, 0.717) is 0 Å². The number of aromatic amines is 3. The predicted molar refractivity (Wildman–Crippen MR) is 229 cm³/mol. The second-order valence-corrected chi connectivity index (χ2v) is 18.1. The number of nitrogens with zero attached hydrogens (tertiary/aromatic N) is 1. The fraction of sp³-hybridized carbons (Fsp3) is 0.245. The van der Waals surface area contributed by atoms with Crippen molar-refractivity contribution in [1.82, 2.24) is 19.9 Å². The van der Waals surface area contributed by atoms with Gasteiger partial charge in [0.2, 0.25) is 23.3 Å². The maximum absolute atomic E-state index is 16.8. The fourth-order valence-corrected chi connectivity index (χ4v) is 9.54. The lowest BCUT2D eigenvalue weighted by molar-refractivity contribution is -0.238. The van der Waals surface area contributed by atoms with E-state index in [2.05, 4.69) is 19.9 Å². The Hall–Kier alpha value is -6.99. The van der Waals surface area contributed by atoms with Gasteiger partial charge >= 0.3 is 0 Å². The molecule has 24 heteroatoms. The number of ether oxygens (including phenoxy) is 6. The molecule has 4 aliphatic heterocycles. The van der Waals surface area contributed by atoms with Gasteiger partial charge in [0, 0.05) is 38.8 Å². The van der Waals surface area contributed by atoms with Crippen LogP contribution in [0, 0.1) is 81.4 Å². The molecule has 11 rings (SSSR count). The highest BCUT2D eigenvalue weighted by Gasteiger charge is 2.61. The highest BCUT2D eigenvalue weighted by molar-refractivity contribution is 6.00. The third-order valence-electron chi connectivity index (χ3n) is 12.6. The van der Waals surface area contributed by atoms with E-state index in [1.165, 1.54) is 12.1 Å². The van der Waals surface area contributed by atoms with E-state index in [4.69, 9.17) is 28.4 Å². The number of fused-ring (bicyclic) bond motifs is 12. The lowest BCUT2D eigenvalue weighted by Gasteiger charge is -2.37. The Morgan fingerprint density at radius 2 is 0.753 bits per heavy atom. The third-order valence-corrected chi connectivity index (χ3v) is 12.6. The molecule has 0 saturated carbocycles. The minimum atomic E-state index is -2.60. The van der Waals surface area contributed by atoms with E-state index in [0.717, 1.165) is 36.4 Å². The van der Waals surface area contributed by atoms with Gasteiger partial charge in [-0.1, -0.05) is 0 Å². The van der Waals surface area contributed by atoms with Crippen LogP contribution in [0.15, 0.2) is 36.4 Å². The topological polar surface area (TPSA) is 116 Å². The molecule has 0 aliphatic carbocycles. The van der Waals surface area contributed by atoms with Crippen molar-refractivity contribution in [2.75, 3.05) is 6.61 Å². The minimum absolute atomic E-state index is 0.0611. The van der Waals surface area contributed by atoms with Crippen LogP contribution in [-0.2, 0) is 23.7 Å². The van der Waals surface area contributed by atoms with Gasteiger partial charge in [0.25, 0.3) is 0 Å². The monoisotopic (exact) mass is 1040 g/mol. The number of aromatic nitrogens is 4. The zero-order chi connectivity index (χ0) is 52.1. The van der Waals surface area contributed by atoms with Crippen LogP contribution in [0.3, 0.4) is 0 Å². The summed E-state index contributed by atoms with van der Waals surface area (Å²) < 4.78 is 254. The summed E-state index contributed by atoms with van der Waals surface area (Å²) in [6.07, 6.45) is -3.30. The minimum Gasteiger partial charge on any atom is -0.485 e. The molecule has 3 aromatic carbocycles. The van der Waals surface area contributed by atoms with Gasteiger partial charge in [0.05, 0.1) is 39.1 Å². The summed E-state index contributed by atoms with van der Waals surface area (Å²) >= 11 is 0. The summed E-state index contributed by atoms with van der Waals surface area (Å²) in [5, 5.41) is 0. The van der Waals surface area contributed by atoms with Crippen LogP contribution >= 0.6 is 0 Å². The first-order valence-corrected chi connectivity index (χ1v) is 21.7. The molecule has 3 saturated heterocycles. The molecular weight excluding hydrogens is 1010 g/mol. The van der Waals surface area contributed by atoms with Gasteiger partial charge in [-0.05, 0) is 76.2 Å². The molecule has 4 aromatic heterocycles. The molecule has 3 N–H and O–H groups in total. The lowest BCUT2D eigenvalue weighted by atomic mass is 9.99. The Morgan fingerprint density at radius 3 is 1.22 bits per heavy atom. The summed E-state index contributed by atoms with van der Waals surface area (Å²) in [5.74, 6) is -36.8. The Labute approximate surface area is 399 Å². The molecule has 0 unspecified atom stereocenters. The van der Waals surface area contributed by atoms with Crippen LogP contribution in [-0.4, -0.2) is 68.8 Å². The van der Waals surface area contributed by atoms with Gasteiger partial charge < -0.3 is 43.4 Å². The molecule has 10 nitrogen and oxygen atoms in total. The number of halogens is 14. The van der Waals surface area contributed by atoms with Crippen molar-refractivity contribution >= 4 is 45.3 Å². The maximum atomic E-state index is 16.8. The molecule has 0 radical (unpaired) electrons. The summed E-state index contributed by atoms with van der Waals surface area (Å²) in [5.41, 5.74) is -11.1. The van der Waals surface area contributed by atoms with Gasteiger partial charge in [0.1, 0.15) is 31.0 Å². The average molecular weight is 1040 g/mol. The smallest absolute Gasteiger partial charge is 0.204 e. The van der Waals surface area contributed by atoms with E-state index in [9.17, 15) is 17.6 Å². The van der Waals surface area contributed by atoms with Gasteiger partial charge in [-0.3, -0.25) is 0 Å². The molecule has 7 aromatic rings. The quantitative estimate of drug-likeness (QED) is 0.0863. The van der Waals surface area contributed by atoms with Crippen LogP contribution in [0.1, 0.15) is 39.1 Å². The molecule has 4 aliphatic rings. The van der Waals surface area contributed by atoms with E-state index < -0.39 is 203 Å². The standard InChI is InChI=1S/C49H30F14N4O6/c1-48(2)70-43-22(69-47-46(45(43)71-48)72-49(3,4)73-47)13-68-44-41(62)33(54)28(34(55)42(44)63)24-17-8-6-15(65-17)14-5-7-16(64-14)23(26-29(50)35(56)39(60)36(57)30(26)51)18-9-11-20(66-18)25(21-12-10-19(24)67-21)27-31(52)37(58)40(61)38(59)32(27)53/h5-12,22,43,45-47,64-66H,13H2,1-4H3/t22-,43+,45+,46-,47-/m1/s1. The number of hydrogen-bond acceptors (Lipinski definition) is 7. The van der Waals surface area contributed by atoms with Crippen molar-refractivity contribution in [2.45, 2.75) is 70.0 Å². The van der Waals surface area contributed by atoms with E-state index in [-0.39, 0.29) is 11.0 Å². The zero-order valence-corrected chi connectivity index (χ0v) is 37.4. The van der Waals surface area contributed by atoms with Crippen molar-refractivity contribution in [3.63, 3.8) is 0 Å². The maximum Gasteiger partial charge on any atom is 0.204 e. The van der Waals surface area contributed by atoms with Crippen molar-refractivity contribution < 1.29 is 89.9 Å². The molecule has 8 bridgehead atoms. The summed E-state index contributed by atoms with van der Waals surface area (Å²) in [7, 11) is 0. The average Bonchev–Trinajstić information content (AvgIpc) is 4.22. The van der Waals surface area contributed by atoms with Gasteiger partial charge in [0.15, 0.2) is 81.8 Å². The Balaban J connectivity index is 1.14. The summed E-state index contributed by atoms with van der Waals surface area (Å²) in [6, 6.07) is 6.38. The van der Waals surface area contributed by atoms with Crippen molar-refractivity contribution in [1.29, 1.82) is 0 Å². The lowest BCUT2D eigenvalue weighted by Crippen LogP contribution is -2.56. The highest BCUT2D eigenvalue weighted by Crippen LogP contribution is 2.47. The predicted octanol–water partition coefficient (Wildman–Crippen LogP) is 12.4. The van der Waals surface area contributed by atoms with Gasteiger partial charge in [-0.25, -0.2) is 57.7 Å². The van der Waals surface area contributed by atoms with Crippen LogP contribution in [0.25, 0.3) is 78.6 Å². The summed E-state index contributed by atoms with van der Waals surface area (Å²) in [6.45, 7) is 5.55. The first kappa shape index (κ1) is 48.3. The molecule has 0 spiro atoms. The van der Waals surface area contributed by atoms with Crippen LogP contribution < -0.4 is 4.74 Å². The first-order valence-electron chi connectivity index (χ1n) is 21.7. The normalized spacial score (nSPS) is 21.4. The van der Waals surface area contributed by atoms with Crippen LogP contribution in [0.2, 0.25) is 0 Å². The second-order valence-electron chi connectivity index (χ2n) is 18.1. The molecule has 5 atom stereocenters. The van der Waals surface area contributed by atoms with Crippen LogP contribution in [0.4, 0.5) is 61.5 Å². The Bertz CT molecular complexity index is 3620. The number of rotatable bonds is 6. The third kappa shape index (κ3) is 7.46. The molecular formula is C49H30F14N4O6. The molecule has 380 valence electrons. The number of H-pyrrole nitrogens is 3. The zero-order valence-electron chi connectivity index (χ0n) is 37.4. The first-order chi connectivity index (χ1) is 34.5. The second kappa shape index (κ2) is 16.8. The SMILES string of the molecule is CC1(C)O[C@H]2[C@@H](O1)[C@@H](COc1c(F)c(F)c(-c3c4nc(c(-c5c(F)c(F)c(F)c(F)c5F)c5ccc([nH]5)c(-c5c(F)c(F)c(F)c(F)c5F)c5ccc([nH]5)c5ccc3[nH]5)C=C4)c(F)c1F)O[C@@H]1OC(C)(C)O[C@@H]12. The van der Waals surface area contributed by atoms with E-state index in [1.807, 2.05) is 0 Å². The molecule has 3 fully saturated rings. The van der Waals surface area contributed by atoms with Crippen LogP contribution in [0.5, 0.6) is 5.75 Å². The number of hydrogen-bond donors (Lipinski definition) is 3. The van der Waals surface area contributed by atoms with Crippen molar-refractivity contribution in [3.05, 3.63) is 129 Å². The molecule has 0 amide bonds. The molecule has 73 heavy (non-hydrogen) atoms. The van der Waals surface area contributed by atoms with E-state index >= 15 is 43.9 Å². The van der Waals surface area contributed by atoms with Crippen molar-refractivity contribution in [3.8, 4) is 39.1 Å². The van der Waals surface area contributed by atoms with Gasteiger partial charge in [-0.15, -0.1) is 0 Å². The fourth-order valence-electron chi connectivity index (χ4n) is 9.54. The van der Waals surface area contributed by atoms with Gasteiger partial charge in [-0.2, -0.15) is 8.78 Å². The molecule has 8 heterocycles. The highest BCUT2D eigenvalue weighted by atomic mass is 19.2. The largest absolute Gasteiger partial charge is 0.485 e. The Kier molecular flexibility index (Phi) is 11.1. The number of benzene rings is 3. The van der Waals surface area contributed by atoms with E-state index in [1.54, 1.807) is 27.7 Å².